The molecule has 0 atom stereocenters. The number of hydrogen-bond donors (Lipinski definition) is 2. The van der Waals surface area contributed by atoms with E-state index in [1.54, 1.807) is 6.92 Å². The molecule has 2 aromatic carbocycles. The fourth-order valence-corrected chi connectivity index (χ4v) is 3.47. The van der Waals surface area contributed by atoms with Crippen LogP contribution in [0.1, 0.15) is 40.6 Å². The number of nitrogens with one attached hydrogen (secondary N) is 2. The molecule has 0 aliphatic carbocycles. The van der Waals surface area contributed by atoms with Crippen LogP contribution < -0.4 is 10.6 Å². The summed E-state index contributed by atoms with van der Waals surface area (Å²) in [6, 6.07) is 11.3. The van der Waals surface area contributed by atoms with E-state index in [1.807, 2.05) is 42.8 Å². The third kappa shape index (κ3) is 6.12. The van der Waals surface area contributed by atoms with E-state index in [0.717, 1.165) is 34.5 Å². The SMILES string of the molecule is CC(=O)Nc1ccc(NC(=O)/C=C/c2c(C)nn(Cc3ccc(C)cc3)c2C)c(C(F)(F)F)c1. The van der Waals surface area contributed by atoms with Gasteiger partial charge in [-0.3, -0.25) is 14.3 Å². The van der Waals surface area contributed by atoms with Crippen molar-refractivity contribution >= 4 is 29.3 Å². The number of rotatable bonds is 6. The number of aryl methyl sites for hydroxylation is 2. The predicted molar refractivity (Wildman–Crippen MR) is 125 cm³/mol. The highest BCUT2D eigenvalue weighted by molar-refractivity contribution is 6.02. The van der Waals surface area contributed by atoms with Crippen LogP contribution >= 0.6 is 0 Å². The molecule has 1 aromatic heterocycles. The number of anilines is 2. The van der Waals surface area contributed by atoms with Gasteiger partial charge in [-0.05, 0) is 50.6 Å². The van der Waals surface area contributed by atoms with Gasteiger partial charge in [-0.1, -0.05) is 29.8 Å². The minimum Gasteiger partial charge on any atom is -0.326 e. The van der Waals surface area contributed by atoms with Gasteiger partial charge in [0.15, 0.2) is 0 Å². The van der Waals surface area contributed by atoms with Crippen molar-refractivity contribution in [3.05, 3.63) is 82.2 Å². The molecule has 6 nitrogen and oxygen atoms in total. The summed E-state index contributed by atoms with van der Waals surface area (Å²) in [5, 5.41) is 9.10. The third-order valence-electron chi connectivity index (χ3n) is 5.19. The molecule has 0 saturated heterocycles. The summed E-state index contributed by atoms with van der Waals surface area (Å²) < 4.78 is 42.3. The van der Waals surface area contributed by atoms with Crippen LogP contribution in [-0.4, -0.2) is 21.6 Å². The molecule has 34 heavy (non-hydrogen) atoms. The maximum absolute atomic E-state index is 13.5. The van der Waals surface area contributed by atoms with E-state index in [2.05, 4.69) is 15.7 Å². The molecular formula is C25H25F3N4O2. The normalized spacial score (nSPS) is 11.6. The summed E-state index contributed by atoms with van der Waals surface area (Å²) in [4.78, 5) is 23.6. The van der Waals surface area contributed by atoms with Crippen LogP contribution in [0.2, 0.25) is 0 Å². The molecule has 2 amide bonds. The monoisotopic (exact) mass is 470 g/mol. The number of nitrogens with zero attached hydrogens (tertiary/aromatic N) is 2. The standard InChI is InChI=1S/C25H25F3N4O2/c1-15-5-7-19(8-6-15)14-32-17(3)21(16(2)31-32)10-12-24(34)30-23-11-9-20(29-18(4)33)13-22(23)25(26,27)28/h5-13H,14H2,1-4H3,(H,29,33)(H,30,34)/b12-10+. The molecule has 0 aliphatic rings. The maximum Gasteiger partial charge on any atom is 0.418 e. The number of carbonyl (C=O) groups excluding carboxylic acids is 2. The van der Waals surface area contributed by atoms with Gasteiger partial charge in [0.1, 0.15) is 0 Å². The van der Waals surface area contributed by atoms with Crippen molar-refractivity contribution in [2.75, 3.05) is 10.6 Å². The smallest absolute Gasteiger partial charge is 0.326 e. The van der Waals surface area contributed by atoms with Crippen LogP contribution in [-0.2, 0) is 22.3 Å². The molecule has 0 spiro atoms. The van der Waals surface area contributed by atoms with Crippen LogP contribution in [0.25, 0.3) is 6.08 Å². The molecule has 0 fully saturated rings. The molecule has 178 valence electrons. The lowest BCUT2D eigenvalue weighted by molar-refractivity contribution is -0.137. The molecule has 0 aliphatic heterocycles. The van der Waals surface area contributed by atoms with Crippen LogP contribution in [0.5, 0.6) is 0 Å². The van der Waals surface area contributed by atoms with Gasteiger partial charge < -0.3 is 10.6 Å². The Kier molecular flexibility index (Phi) is 7.24. The van der Waals surface area contributed by atoms with Gasteiger partial charge in [-0.2, -0.15) is 18.3 Å². The summed E-state index contributed by atoms with van der Waals surface area (Å²) in [7, 11) is 0. The second-order valence-electron chi connectivity index (χ2n) is 7.99. The molecular weight excluding hydrogens is 445 g/mol. The van der Waals surface area contributed by atoms with Crippen molar-refractivity contribution < 1.29 is 22.8 Å². The summed E-state index contributed by atoms with van der Waals surface area (Å²) in [6.07, 6.45) is -2.00. The van der Waals surface area contributed by atoms with Gasteiger partial charge in [0.25, 0.3) is 0 Å². The van der Waals surface area contributed by atoms with Crippen molar-refractivity contribution in [2.24, 2.45) is 0 Å². The van der Waals surface area contributed by atoms with Crippen molar-refractivity contribution in [3.8, 4) is 0 Å². The maximum atomic E-state index is 13.5. The highest BCUT2D eigenvalue weighted by Gasteiger charge is 2.34. The van der Waals surface area contributed by atoms with Crippen molar-refractivity contribution in [1.29, 1.82) is 0 Å². The van der Waals surface area contributed by atoms with E-state index in [4.69, 9.17) is 0 Å². The van der Waals surface area contributed by atoms with Gasteiger partial charge in [-0.15, -0.1) is 0 Å². The van der Waals surface area contributed by atoms with E-state index >= 15 is 0 Å². The van der Waals surface area contributed by atoms with Crippen LogP contribution in [0, 0.1) is 20.8 Å². The first kappa shape index (κ1) is 24.8. The van der Waals surface area contributed by atoms with Gasteiger partial charge >= 0.3 is 6.18 Å². The topological polar surface area (TPSA) is 76.0 Å². The molecule has 0 radical (unpaired) electrons. The molecule has 0 bridgehead atoms. The predicted octanol–water partition coefficient (Wildman–Crippen LogP) is 5.49. The Morgan fingerprint density at radius 3 is 2.32 bits per heavy atom. The van der Waals surface area contributed by atoms with Gasteiger partial charge in [0.2, 0.25) is 11.8 Å². The highest BCUT2D eigenvalue weighted by atomic mass is 19.4. The Bertz CT molecular complexity index is 1240. The quantitative estimate of drug-likeness (QED) is 0.468. The Hall–Kier alpha value is -3.88. The molecule has 0 saturated carbocycles. The number of carbonyl (C=O) groups is 2. The summed E-state index contributed by atoms with van der Waals surface area (Å²) in [6.45, 7) is 7.44. The average molecular weight is 470 g/mol. The molecule has 0 unspecified atom stereocenters. The van der Waals surface area contributed by atoms with E-state index in [-0.39, 0.29) is 5.69 Å². The first-order chi connectivity index (χ1) is 15.9. The Balaban J connectivity index is 1.78. The lowest BCUT2D eigenvalue weighted by atomic mass is 10.1. The molecule has 2 N–H and O–H groups in total. The van der Waals surface area contributed by atoms with Crippen LogP contribution in [0.4, 0.5) is 24.5 Å². The Morgan fingerprint density at radius 1 is 1.03 bits per heavy atom. The number of halogens is 3. The summed E-state index contributed by atoms with van der Waals surface area (Å²) in [5.41, 5.74) is 3.01. The zero-order chi connectivity index (χ0) is 25.0. The number of amides is 2. The molecule has 9 heteroatoms. The first-order valence-corrected chi connectivity index (χ1v) is 10.5. The third-order valence-corrected chi connectivity index (χ3v) is 5.19. The zero-order valence-corrected chi connectivity index (χ0v) is 19.2. The lowest BCUT2D eigenvalue weighted by Gasteiger charge is -2.15. The highest BCUT2D eigenvalue weighted by Crippen LogP contribution is 2.36. The van der Waals surface area contributed by atoms with Gasteiger partial charge in [-0.25, -0.2) is 0 Å². The summed E-state index contributed by atoms with van der Waals surface area (Å²) in [5.74, 6) is -1.22. The Labute approximate surface area is 195 Å². The van der Waals surface area contributed by atoms with E-state index in [9.17, 15) is 22.8 Å². The lowest BCUT2D eigenvalue weighted by Crippen LogP contribution is -2.16. The zero-order valence-electron chi connectivity index (χ0n) is 19.2. The van der Waals surface area contributed by atoms with E-state index < -0.39 is 29.2 Å². The molecule has 3 rings (SSSR count). The van der Waals surface area contributed by atoms with Crippen molar-refractivity contribution in [1.82, 2.24) is 9.78 Å². The second-order valence-corrected chi connectivity index (χ2v) is 7.99. The van der Waals surface area contributed by atoms with E-state index in [0.29, 0.717) is 12.2 Å². The largest absolute Gasteiger partial charge is 0.418 e. The van der Waals surface area contributed by atoms with Crippen molar-refractivity contribution in [3.63, 3.8) is 0 Å². The number of alkyl halides is 3. The minimum atomic E-state index is -4.72. The van der Waals surface area contributed by atoms with E-state index in [1.165, 1.54) is 25.1 Å². The number of benzene rings is 2. The van der Waals surface area contributed by atoms with Crippen LogP contribution in [0.15, 0.2) is 48.5 Å². The van der Waals surface area contributed by atoms with Crippen LogP contribution in [0.3, 0.4) is 0 Å². The van der Waals surface area contributed by atoms with Gasteiger partial charge in [0.05, 0.1) is 23.5 Å². The minimum absolute atomic E-state index is 0.0133. The number of hydrogen-bond acceptors (Lipinski definition) is 3. The first-order valence-electron chi connectivity index (χ1n) is 10.5. The van der Waals surface area contributed by atoms with Gasteiger partial charge in [0, 0.05) is 29.9 Å². The average Bonchev–Trinajstić information content (AvgIpc) is 3.00. The second kappa shape index (κ2) is 9.94. The molecule has 1 heterocycles. The summed E-state index contributed by atoms with van der Waals surface area (Å²) >= 11 is 0. The Morgan fingerprint density at radius 2 is 1.71 bits per heavy atom. The van der Waals surface area contributed by atoms with Crippen molar-refractivity contribution in [2.45, 2.75) is 40.4 Å². The fraction of sp³-hybridized carbons (Fsp3) is 0.240. The molecule has 3 aromatic rings. The number of aromatic nitrogens is 2. The fourth-order valence-electron chi connectivity index (χ4n) is 3.47.